The summed E-state index contributed by atoms with van der Waals surface area (Å²) in [6, 6.07) is 5.35. The Hall–Kier alpha value is -1.55. The molecule has 0 radical (unpaired) electrons. The zero-order chi connectivity index (χ0) is 13.1. The highest BCUT2D eigenvalue weighted by Gasteiger charge is 2.15. The summed E-state index contributed by atoms with van der Waals surface area (Å²) in [5.41, 5.74) is 7.50. The molecular weight excluding hydrogens is 216 g/mol. The van der Waals surface area contributed by atoms with Crippen LogP contribution in [-0.4, -0.2) is 25.0 Å². The molecule has 4 heteroatoms. The normalized spacial score (nSPS) is 11.3. The van der Waals surface area contributed by atoms with E-state index in [-0.39, 0.29) is 11.4 Å². The van der Waals surface area contributed by atoms with Crippen LogP contribution in [0.1, 0.15) is 31.1 Å². The number of methoxy groups -OCH3 is 1. The van der Waals surface area contributed by atoms with Crippen molar-refractivity contribution in [2.75, 3.05) is 24.7 Å². The molecule has 94 valence electrons. The van der Waals surface area contributed by atoms with Crippen LogP contribution in [-0.2, 0) is 4.74 Å². The number of ether oxygens (including phenoxy) is 1. The van der Waals surface area contributed by atoms with Crippen LogP contribution < -0.4 is 11.1 Å². The van der Waals surface area contributed by atoms with Crippen LogP contribution in [0.3, 0.4) is 0 Å². The predicted molar refractivity (Wildman–Crippen MR) is 70.4 cm³/mol. The molecule has 4 nitrogen and oxygen atoms in total. The van der Waals surface area contributed by atoms with Crippen molar-refractivity contribution in [2.24, 2.45) is 0 Å². The first kappa shape index (κ1) is 13.5. The van der Waals surface area contributed by atoms with Crippen LogP contribution >= 0.6 is 0 Å². The Morgan fingerprint density at radius 3 is 2.59 bits per heavy atom. The molecule has 1 aromatic rings. The molecule has 0 amide bonds. The monoisotopic (exact) mass is 236 g/mol. The van der Waals surface area contributed by atoms with Gasteiger partial charge in [0, 0.05) is 30.6 Å². The van der Waals surface area contributed by atoms with E-state index in [2.05, 4.69) is 5.32 Å². The molecule has 0 saturated heterocycles. The highest BCUT2D eigenvalue weighted by Crippen LogP contribution is 2.19. The number of nitrogen functional groups attached to an aromatic ring is 1. The van der Waals surface area contributed by atoms with E-state index in [1.165, 1.54) is 6.92 Å². The molecule has 0 bridgehead atoms. The molecule has 0 atom stereocenters. The maximum atomic E-state index is 11.2. The lowest BCUT2D eigenvalue weighted by Gasteiger charge is -2.24. The van der Waals surface area contributed by atoms with E-state index < -0.39 is 0 Å². The zero-order valence-corrected chi connectivity index (χ0v) is 10.8. The van der Waals surface area contributed by atoms with E-state index in [1.54, 1.807) is 19.2 Å². The number of hydrogen-bond donors (Lipinski definition) is 2. The number of carbonyl (C=O) groups excluding carboxylic acids is 1. The average Bonchev–Trinajstić information content (AvgIpc) is 2.26. The van der Waals surface area contributed by atoms with Gasteiger partial charge in [0.2, 0.25) is 0 Å². The van der Waals surface area contributed by atoms with Gasteiger partial charge in [0.15, 0.2) is 5.78 Å². The molecule has 0 aliphatic rings. The lowest BCUT2D eigenvalue weighted by Crippen LogP contribution is -2.32. The largest absolute Gasteiger partial charge is 0.398 e. The second kappa shape index (κ2) is 5.19. The van der Waals surface area contributed by atoms with Crippen LogP contribution in [0.5, 0.6) is 0 Å². The Labute approximate surface area is 102 Å². The molecule has 0 aromatic heterocycles. The number of hydrogen-bond acceptors (Lipinski definition) is 4. The summed E-state index contributed by atoms with van der Waals surface area (Å²) in [7, 11) is 1.68. The Morgan fingerprint density at radius 2 is 2.12 bits per heavy atom. The molecule has 0 fully saturated rings. The fraction of sp³-hybridized carbons (Fsp3) is 0.462. The minimum absolute atomic E-state index is 0.0220. The van der Waals surface area contributed by atoms with Gasteiger partial charge in [-0.25, -0.2) is 0 Å². The number of nitrogens with one attached hydrogen (secondary N) is 1. The van der Waals surface area contributed by atoms with Gasteiger partial charge < -0.3 is 15.8 Å². The van der Waals surface area contributed by atoms with Gasteiger partial charge in [-0.15, -0.1) is 0 Å². The third kappa shape index (κ3) is 3.75. The van der Waals surface area contributed by atoms with Gasteiger partial charge in [-0.1, -0.05) is 0 Å². The first-order valence-electron chi connectivity index (χ1n) is 5.55. The van der Waals surface area contributed by atoms with Crippen molar-refractivity contribution in [1.29, 1.82) is 0 Å². The summed E-state index contributed by atoms with van der Waals surface area (Å²) < 4.78 is 5.30. The van der Waals surface area contributed by atoms with Crippen molar-refractivity contribution in [3.8, 4) is 0 Å². The molecule has 0 saturated carbocycles. The van der Waals surface area contributed by atoms with E-state index in [1.807, 2.05) is 19.9 Å². The minimum Gasteiger partial charge on any atom is -0.398 e. The molecule has 0 spiro atoms. The summed E-state index contributed by atoms with van der Waals surface area (Å²) in [5.74, 6) is -0.0220. The number of Topliss-reactive ketones (excluding diaryl/α,β-unsaturated/α-hetero) is 1. The fourth-order valence-electron chi connectivity index (χ4n) is 1.38. The van der Waals surface area contributed by atoms with E-state index in [0.29, 0.717) is 17.8 Å². The van der Waals surface area contributed by atoms with E-state index in [4.69, 9.17) is 10.5 Å². The molecule has 0 heterocycles. The average molecular weight is 236 g/mol. The summed E-state index contributed by atoms with van der Waals surface area (Å²) in [6.45, 7) is 6.16. The summed E-state index contributed by atoms with van der Waals surface area (Å²) in [4.78, 5) is 11.2. The highest BCUT2D eigenvalue weighted by atomic mass is 16.5. The van der Waals surface area contributed by atoms with Gasteiger partial charge in [-0.3, -0.25) is 4.79 Å². The van der Waals surface area contributed by atoms with Crippen LogP contribution in [0, 0.1) is 0 Å². The number of ketones is 1. The van der Waals surface area contributed by atoms with E-state index >= 15 is 0 Å². The third-order valence-corrected chi connectivity index (χ3v) is 2.70. The van der Waals surface area contributed by atoms with Gasteiger partial charge in [0.25, 0.3) is 0 Å². The van der Waals surface area contributed by atoms with E-state index in [9.17, 15) is 4.79 Å². The smallest absolute Gasteiger partial charge is 0.161 e. The predicted octanol–water partition coefficient (Wildman–Crippen LogP) is 2.31. The van der Waals surface area contributed by atoms with Crippen molar-refractivity contribution in [3.05, 3.63) is 23.8 Å². The van der Waals surface area contributed by atoms with Gasteiger partial charge >= 0.3 is 0 Å². The van der Waals surface area contributed by atoms with Crippen LogP contribution in [0.25, 0.3) is 0 Å². The second-order valence-corrected chi connectivity index (χ2v) is 4.68. The molecular formula is C13H20N2O2. The Bertz CT molecular complexity index is 414. The van der Waals surface area contributed by atoms with Crippen molar-refractivity contribution in [1.82, 2.24) is 0 Å². The zero-order valence-electron chi connectivity index (χ0n) is 10.8. The second-order valence-electron chi connectivity index (χ2n) is 4.68. The molecule has 1 rings (SSSR count). The number of rotatable bonds is 5. The summed E-state index contributed by atoms with van der Waals surface area (Å²) >= 11 is 0. The number of carbonyl (C=O) groups is 1. The minimum atomic E-state index is -0.242. The fourth-order valence-corrected chi connectivity index (χ4v) is 1.38. The Morgan fingerprint density at radius 1 is 1.47 bits per heavy atom. The van der Waals surface area contributed by atoms with E-state index in [0.717, 1.165) is 5.69 Å². The highest BCUT2D eigenvalue weighted by molar-refractivity contribution is 5.99. The van der Waals surface area contributed by atoms with Gasteiger partial charge in [-0.05, 0) is 39.0 Å². The van der Waals surface area contributed by atoms with Gasteiger partial charge in [-0.2, -0.15) is 0 Å². The van der Waals surface area contributed by atoms with Crippen LogP contribution in [0.2, 0.25) is 0 Å². The first-order valence-corrected chi connectivity index (χ1v) is 5.55. The van der Waals surface area contributed by atoms with Gasteiger partial charge in [0.05, 0.1) is 5.60 Å². The number of benzene rings is 1. The lowest BCUT2D eigenvalue weighted by molar-refractivity contribution is 0.0344. The lowest BCUT2D eigenvalue weighted by atomic mass is 10.1. The molecule has 1 aromatic carbocycles. The topological polar surface area (TPSA) is 64.3 Å². The molecule has 3 N–H and O–H groups in total. The van der Waals surface area contributed by atoms with Crippen LogP contribution in [0.15, 0.2) is 18.2 Å². The number of nitrogens with two attached hydrogens (primary N) is 1. The van der Waals surface area contributed by atoms with Crippen LogP contribution in [0.4, 0.5) is 11.4 Å². The maximum absolute atomic E-state index is 11.2. The standard InChI is InChI=1S/C13H20N2O2/c1-9(16)11-6-5-10(7-12(11)14)15-8-13(2,3)17-4/h5-7,15H,8,14H2,1-4H3. The van der Waals surface area contributed by atoms with Crippen molar-refractivity contribution in [2.45, 2.75) is 26.4 Å². The van der Waals surface area contributed by atoms with Crippen molar-refractivity contribution < 1.29 is 9.53 Å². The Kier molecular flexibility index (Phi) is 4.12. The van der Waals surface area contributed by atoms with Gasteiger partial charge in [0.1, 0.15) is 0 Å². The summed E-state index contributed by atoms with van der Waals surface area (Å²) in [6.07, 6.45) is 0. The van der Waals surface area contributed by atoms with Crippen molar-refractivity contribution >= 4 is 17.2 Å². The maximum Gasteiger partial charge on any atom is 0.161 e. The first-order chi connectivity index (χ1) is 7.85. The molecule has 0 unspecified atom stereocenters. The molecule has 17 heavy (non-hydrogen) atoms. The SMILES string of the molecule is COC(C)(C)CNc1ccc(C(C)=O)c(N)c1. The number of anilines is 2. The molecule has 0 aliphatic heterocycles. The third-order valence-electron chi connectivity index (χ3n) is 2.70. The Balaban J connectivity index is 2.75. The summed E-state index contributed by atoms with van der Waals surface area (Å²) in [5, 5.41) is 3.23. The quantitative estimate of drug-likeness (QED) is 0.608. The van der Waals surface area contributed by atoms with Crippen molar-refractivity contribution in [3.63, 3.8) is 0 Å². The molecule has 0 aliphatic carbocycles.